The van der Waals surface area contributed by atoms with Gasteiger partial charge in [0, 0.05) is 19.5 Å². The molecule has 3 rings (SSSR count). The lowest BCUT2D eigenvalue weighted by atomic mass is 9.83. The second-order valence-electron chi connectivity index (χ2n) is 6.31. The third-order valence-electron chi connectivity index (χ3n) is 4.58. The van der Waals surface area contributed by atoms with Crippen LogP contribution in [0.2, 0.25) is 0 Å². The molecule has 23 heavy (non-hydrogen) atoms. The first-order chi connectivity index (χ1) is 11.0. The average molecular weight is 334 g/mol. The minimum absolute atomic E-state index is 0.0559. The van der Waals surface area contributed by atoms with Gasteiger partial charge >= 0.3 is 0 Å². The lowest BCUT2D eigenvalue weighted by Gasteiger charge is -2.29. The van der Waals surface area contributed by atoms with Crippen LogP contribution in [0.25, 0.3) is 10.2 Å². The van der Waals surface area contributed by atoms with Gasteiger partial charge in [-0.15, -0.1) is 11.3 Å². The molecule has 3 N–H and O–H groups in total. The van der Waals surface area contributed by atoms with Crippen LogP contribution in [-0.4, -0.2) is 33.9 Å². The Hall–Kier alpha value is -1.73. The fraction of sp³-hybridized carbons (Fsp3) is 0.562. The molecule has 0 saturated heterocycles. The van der Waals surface area contributed by atoms with E-state index in [0.29, 0.717) is 29.0 Å². The van der Waals surface area contributed by atoms with Crippen LogP contribution in [0.15, 0.2) is 16.2 Å². The van der Waals surface area contributed by atoms with Gasteiger partial charge < -0.3 is 15.6 Å². The molecule has 0 aliphatic heterocycles. The average Bonchev–Trinajstić information content (AvgIpc) is 2.98. The Morgan fingerprint density at radius 3 is 3.04 bits per heavy atom. The van der Waals surface area contributed by atoms with Gasteiger partial charge in [-0.2, -0.15) is 0 Å². The normalized spacial score (nSPS) is 21.5. The lowest BCUT2D eigenvalue weighted by molar-refractivity contribution is -0.131. The van der Waals surface area contributed by atoms with Crippen LogP contribution in [0.1, 0.15) is 37.9 Å². The van der Waals surface area contributed by atoms with E-state index in [1.165, 1.54) is 11.3 Å². The van der Waals surface area contributed by atoms with Gasteiger partial charge in [0.2, 0.25) is 5.91 Å². The van der Waals surface area contributed by atoms with Crippen molar-refractivity contribution in [1.29, 1.82) is 0 Å². The van der Waals surface area contributed by atoms with Crippen molar-refractivity contribution >= 4 is 27.5 Å². The van der Waals surface area contributed by atoms with Gasteiger partial charge in [-0.25, -0.2) is 4.98 Å². The molecule has 2 unspecified atom stereocenters. The van der Waals surface area contributed by atoms with E-state index in [0.717, 1.165) is 25.7 Å². The molecular formula is C16H22N4O2S. The molecule has 0 radical (unpaired) electrons. The first-order valence-corrected chi connectivity index (χ1v) is 8.88. The van der Waals surface area contributed by atoms with E-state index in [4.69, 9.17) is 5.73 Å². The standard InChI is InChI=1S/C16H22N4O2S/c1-20(14(21)8-10-4-2-3-5-11(10)17)9-13-18-12-6-7-23-15(12)16(22)19-13/h6-7,10-11H,2-5,8-9,17H2,1H3,(H,18,19,22). The van der Waals surface area contributed by atoms with Crippen LogP contribution < -0.4 is 11.3 Å². The summed E-state index contributed by atoms with van der Waals surface area (Å²) in [6.07, 6.45) is 4.82. The molecule has 7 heteroatoms. The van der Waals surface area contributed by atoms with Gasteiger partial charge in [-0.1, -0.05) is 12.8 Å². The van der Waals surface area contributed by atoms with Crippen LogP contribution in [0, 0.1) is 5.92 Å². The van der Waals surface area contributed by atoms with Gasteiger partial charge in [-0.05, 0) is 30.2 Å². The Labute approximate surface area is 138 Å². The van der Waals surface area contributed by atoms with Crippen LogP contribution >= 0.6 is 11.3 Å². The number of hydrogen-bond donors (Lipinski definition) is 2. The molecule has 1 amide bonds. The summed E-state index contributed by atoms with van der Waals surface area (Å²) in [6.45, 7) is 0.307. The van der Waals surface area contributed by atoms with Gasteiger partial charge in [0.25, 0.3) is 5.56 Å². The molecule has 1 saturated carbocycles. The number of H-pyrrole nitrogens is 1. The first kappa shape index (κ1) is 16.1. The van der Waals surface area contributed by atoms with Crippen molar-refractivity contribution in [1.82, 2.24) is 14.9 Å². The zero-order valence-corrected chi connectivity index (χ0v) is 14.1. The monoisotopic (exact) mass is 334 g/mol. The number of carbonyl (C=O) groups excluding carboxylic acids is 1. The molecule has 1 aliphatic rings. The maximum absolute atomic E-state index is 12.4. The number of nitrogens with zero attached hydrogens (tertiary/aromatic N) is 2. The number of nitrogens with one attached hydrogen (secondary N) is 1. The van der Waals surface area contributed by atoms with Gasteiger partial charge in [0.05, 0.1) is 12.1 Å². The number of hydrogen-bond acceptors (Lipinski definition) is 5. The summed E-state index contributed by atoms with van der Waals surface area (Å²) < 4.78 is 0.621. The molecule has 0 aromatic carbocycles. The first-order valence-electron chi connectivity index (χ1n) is 8.00. The number of aromatic nitrogens is 2. The van der Waals surface area contributed by atoms with E-state index in [9.17, 15) is 9.59 Å². The van der Waals surface area contributed by atoms with Gasteiger partial charge in [0.15, 0.2) is 0 Å². The maximum Gasteiger partial charge on any atom is 0.268 e. The molecule has 2 aromatic heterocycles. The Morgan fingerprint density at radius 1 is 1.48 bits per heavy atom. The topological polar surface area (TPSA) is 92.1 Å². The van der Waals surface area contributed by atoms with Gasteiger partial charge in [-0.3, -0.25) is 9.59 Å². The van der Waals surface area contributed by atoms with E-state index in [-0.39, 0.29) is 23.4 Å². The minimum Gasteiger partial charge on any atom is -0.338 e. The molecule has 124 valence electrons. The van der Waals surface area contributed by atoms with Gasteiger partial charge in [0.1, 0.15) is 10.5 Å². The van der Waals surface area contributed by atoms with Crippen LogP contribution in [-0.2, 0) is 11.3 Å². The van der Waals surface area contributed by atoms with Crippen molar-refractivity contribution in [3.05, 3.63) is 27.6 Å². The van der Waals surface area contributed by atoms with Crippen molar-refractivity contribution in [2.24, 2.45) is 11.7 Å². The summed E-state index contributed by atoms with van der Waals surface area (Å²) in [6, 6.07) is 1.95. The van der Waals surface area contributed by atoms with E-state index in [2.05, 4.69) is 9.97 Å². The summed E-state index contributed by atoms with van der Waals surface area (Å²) in [5.74, 6) is 0.843. The highest BCUT2D eigenvalue weighted by Gasteiger charge is 2.25. The number of carbonyl (C=O) groups is 1. The van der Waals surface area contributed by atoms with Crippen molar-refractivity contribution in [2.75, 3.05) is 7.05 Å². The number of fused-ring (bicyclic) bond motifs is 1. The smallest absolute Gasteiger partial charge is 0.268 e. The fourth-order valence-electron chi connectivity index (χ4n) is 3.18. The Kier molecular flexibility index (Phi) is 4.77. The summed E-state index contributed by atoms with van der Waals surface area (Å²) in [4.78, 5) is 33.2. The number of amides is 1. The number of rotatable bonds is 4. The Morgan fingerprint density at radius 2 is 2.26 bits per heavy atom. The van der Waals surface area contributed by atoms with Crippen molar-refractivity contribution < 1.29 is 4.79 Å². The minimum atomic E-state index is -0.143. The van der Waals surface area contributed by atoms with Crippen LogP contribution in [0.5, 0.6) is 0 Å². The predicted molar refractivity (Wildman–Crippen MR) is 91.3 cm³/mol. The largest absolute Gasteiger partial charge is 0.338 e. The molecule has 6 nitrogen and oxygen atoms in total. The van der Waals surface area contributed by atoms with E-state index >= 15 is 0 Å². The van der Waals surface area contributed by atoms with Crippen molar-refractivity contribution in [2.45, 2.75) is 44.7 Å². The molecule has 2 atom stereocenters. The molecule has 1 aliphatic carbocycles. The summed E-state index contributed by atoms with van der Waals surface area (Å²) in [5, 5.41) is 1.84. The molecule has 0 bridgehead atoms. The zero-order valence-electron chi connectivity index (χ0n) is 13.2. The molecule has 0 spiro atoms. The Balaban J connectivity index is 1.66. The van der Waals surface area contributed by atoms with Crippen LogP contribution in [0.3, 0.4) is 0 Å². The van der Waals surface area contributed by atoms with E-state index < -0.39 is 0 Å². The zero-order chi connectivity index (χ0) is 16.4. The van der Waals surface area contributed by atoms with E-state index in [1.54, 1.807) is 11.9 Å². The van der Waals surface area contributed by atoms with Crippen molar-refractivity contribution in [3.63, 3.8) is 0 Å². The summed E-state index contributed by atoms with van der Waals surface area (Å²) in [5.41, 5.74) is 6.66. The van der Waals surface area contributed by atoms with Crippen LogP contribution in [0.4, 0.5) is 0 Å². The molecule has 2 heterocycles. The van der Waals surface area contributed by atoms with Crippen molar-refractivity contribution in [3.8, 4) is 0 Å². The molecule has 2 aromatic rings. The highest BCUT2D eigenvalue weighted by molar-refractivity contribution is 7.17. The second-order valence-corrected chi connectivity index (χ2v) is 7.23. The second kappa shape index (κ2) is 6.80. The molecule has 1 fully saturated rings. The third kappa shape index (κ3) is 3.61. The molecular weight excluding hydrogens is 312 g/mol. The highest BCUT2D eigenvalue weighted by Crippen LogP contribution is 2.26. The predicted octanol–water partition coefficient (Wildman–Crippen LogP) is 1.85. The number of thiophene rings is 1. The summed E-state index contributed by atoms with van der Waals surface area (Å²) in [7, 11) is 1.74. The SMILES string of the molecule is CN(Cc1nc2ccsc2c(=O)[nH]1)C(=O)CC1CCCCC1N. The Bertz CT molecular complexity index is 754. The maximum atomic E-state index is 12.4. The number of nitrogens with two attached hydrogens (primary N) is 1. The highest BCUT2D eigenvalue weighted by atomic mass is 32.1. The quantitative estimate of drug-likeness (QED) is 0.892. The number of aromatic amines is 1. The third-order valence-corrected chi connectivity index (χ3v) is 5.48. The lowest BCUT2D eigenvalue weighted by Crippen LogP contribution is -2.37. The fourth-order valence-corrected chi connectivity index (χ4v) is 3.90. The summed E-state index contributed by atoms with van der Waals surface area (Å²) >= 11 is 1.37. The van der Waals surface area contributed by atoms with E-state index in [1.807, 2.05) is 11.4 Å².